The molecular formula is C23H24O5. The van der Waals surface area contributed by atoms with Crippen molar-refractivity contribution in [1.29, 1.82) is 0 Å². The van der Waals surface area contributed by atoms with Crippen molar-refractivity contribution in [3.8, 4) is 11.5 Å². The van der Waals surface area contributed by atoms with Gasteiger partial charge in [0.25, 0.3) is 0 Å². The largest absolute Gasteiger partial charge is 0.482 e. The Morgan fingerprint density at radius 3 is 2.61 bits per heavy atom. The van der Waals surface area contributed by atoms with Crippen LogP contribution in [0.2, 0.25) is 0 Å². The second kappa shape index (κ2) is 8.30. The van der Waals surface area contributed by atoms with Gasteiger partial charge in [0.05, 0.1) is 0 Å². The van der Waals surface area contributed by atoms with Crippen LogP contribution in [-0.2, 0) is 11.2 Å². The lowest BCUT2D eigenvalue weighted by Gasteiger charge is -2.14. The molecule has 0 fully saturated rings. The highest BCUT2D eigenvalue weighted by atomic mass is 16.6. The number of carbonyl (C=O) groups excluding carboxylic acids is 1. The maximum Gasteiger partial charge on any atom is 0.349 e. The summed E-state index contributed by atoms with van der Waals surface area (Å²) in [5.41, 5.74) is 2.98. The highest BCUT2D eigenvalue weighted by Crippen LogP contribution is 2.28. The number of ether oxygens (including phenoxy) is 2. The first-order valence-corrected chi connectivity index (χ1v) is 9.38. The van der Waals surface area contributed by atoms with Gasteiger partial charge in [-0.1, -0.05) is 32.9 Å². The number of benzene rings is 2. The van der Waals surface area contributed by atoms with E-state index in [9.17, 15) is 9.59 Å². The molecule has 0 saturated heterocycles. The lowest BCUT2D eigenvalue weighted by molar-refractivity contribution is -0.136. The number of rotatable bonds is 6. The molecule has 2 aromatic carbocycles. The second-order valence-electron chi connectivity index (χ2n) is 7.06. The van der Waals surface area contributed by atoms with Crippen LogP contribution in [0, 0.1) is 6.92 Å². The van der Waals surface area contributed by atoms with Gasteiger partial charge in [-0.15, -0.1) is 0 Å². The molecule has 1 heterocycles. The summed E-state index contributed by atoms with van der Waals surface area (Å²) in [6.45, 7) is 7.88. The number of aryl methyl sites for hydroxylation is 2. The van der Waals surface area contributed by atoms with Crippen molar-refractivity contribution in [2.75, 3.05) is 6.61 Å². The third-order valence-electron chi connectivity index (χ3n) is 4.55. The Hall–Kier alpha value is -3.08. The fraction of sp³-hybridized carbons (Fsp3) is 0.304. The van der Waals surface area contributed by atoms with Crippen LogP contribution in [0.3, 0.4) is 0 Å². The minimum atomic E-state index is -0.524. The van der Waals surface area contributed by atoms with E-state index in [1.807, 2.05) is 32.0 Å². The molecule has 0 aliphatic rings. The van der Waals surface area contributed by atoms with Crippen LogP contribution in [0.15, 0.2) is 51.7 Å². The molecule has 0 spiro atoms. The molecule has 0 unspecified atom stereocenters. The van der Waals surface area contributed by atoms with E-state index in [2.05, 4.69) is 13.8 Å². The fourth-order valence-corrected chi connectivity index (χ4v) is 3.11. The summed E-state index contributed by atoms with van der Waals surface area (Å²) in [5, 5.41) is 0.833. The van der Waals surface area contributed by atoms with Crippen LogP contribution in [-0.4, -0.2) is 12.6 Å². The molecule has 3 rings (SSSR count). The first-order valence-electron chi connectivity index (χ1n) is 9.38. The minimum Gasteiger partial charge on any atom is -0.482 e. The van der Waals surface area contributed by atoms with E-state index in [0.29, 0.717) is 23.5 Å². The van der Waals surface area contributed by atoms with Crippen molar-refractivity contribution < 1.29 is 18.7 Å². The van der Waals surface area contributed by atoms with Gasteiger partial charge in [-0.05, 0) is 54.2 Å². The predicted molar refractivity (Wildman–Crippen MR) is 108 cm³/mol. The molecule has 146 valence electrons. The van der Waals surface area contributed by atoms with Crippen LogP contribution < -0.4 is 15.1 Å². The van der Waals surface area contributed by atoms with Gasteiger partial charge in [0.1, 0.15) is 17.1 Å². The topological polar surface area (TPSA) is 65.7 Å². The van der Waals surface area contributed by atoms with E-state index < -0.39 is 11.6 Å². The SMILES string of the molecule is CCc1cc(=O)oc2cc(OC(=O)COc3cc(C)ccc3C(C)C)ccc12. The van der Waals surface area contributed by atoms with E-state index in [-0.39, 0.29) is 12.5 Å². The Labute approximate surface area is 163 Å². The number of fused-ring (bicyclic) bond motifs is 1. The quantitative estimate of drug-likeness (QED) is 0.350. The van der Waals surface area contributed by atoms with Crippen LogP contribution >= 0.6 is 0 Å². The van der Waals surface area contributed by atoms with E-state index in [1.54, 1.807) is 18.2 Å². The van der Waals surface area contributed by atoms with Crippen molar-refractivity contribution in [2.45, 2.75) is 40.0 Å². The second-order valence-corrected chi connectivity index (χ2v) is 7.06. The van der Waals surface area contributed by atoms with Crippen molar-refractivity contribution in [1.82, 2.24) is 0 Å². The van der Waals surface area contributed by atoms with E-state index in [1.165, 1.54) is 6.07 Å². The molecule has 5 nitrogen and oxygen atoms in total. The summed E-state index contributed by atoms with van der Waals surface area (Å²) >= 11 is 0. The zero-order chi connectivity index (χ0) is 20.3. The van der Waals surface area contributed by atoms with Gasteiger partial charge >= 0.3 is 11.6 Å². The average Bonchev–Trinajstić information content (AvgIpc) is 2.65. The smallest absolute Gasteiger partial charge is 0.349 e. The molecule has 28 heavy (non-hydrogen) atoms. The molecule has 1 aromatic heterocycles. The Balaban J connectivity index is 1.74. The van der Waals surface area contributed by atoms with Gasteiger partial charge in [-0.2, -0.15) is 0 Å². The average molecular weight is 380 g/mol. The molecule has 0 aliphatic carbocycles. The molecule has 0 atom stereocenters. The van der Waals surface area contributed by atoms with E-state index >= 15 is 0 Å². The van der Waals surface area contributed by atoms with Crippen molar-refractivity contribution >= 4 is 16.9 Å². The number of esters is 1. The number of carbonyl (C=O) groups is 1. The van der Waals surface area contributed by atoms with Crippen molar-refractivity contribution in [3.63, 3.8) is 0 Å². The maximum absolute atomic E-state index is 12.2. The van der Waals surface area contributed by atoms with Gasteiger partial charge in [-0.3, -0.25) is 0 Å². The van der Waals surface area contributed by atoms with Gasteiger partial charge < -0.3 is 13.9 Å². The Morgan fingerprint density at radius 2 is 1.89 bits per heavy atom. The van der Waals surface area contributed by atoms with Crippen LogP contribution in [0.5, 0.6) is 11.5 Å². The third kappa shape index (κ3) is 4.42. The van der Waals surface area contributed by atoms with Gasteiger partial charge in [0.2, 0.25) is 0 Å². The maximum atomic E-state index is 12.2. The molecule has 3 aromatic rings. The molecule has 0 bridgehead atoms. The third-order valence-corrected chi connectivity index (χ3v) is 4.55. The van der Waals surface area contributed by atoms with Crippen LogP contribution in [0.4, 0.5) is 0 Å². The summed E-state index contributed by atoms with van der Waals surface area (Å²) < 4.78 is 16.3. The number of hydrogen-bond donors (Lipinski definition) is 0. The van der Waals surface area contributed by atoms with Crippen molar-refractivity contribution in [2.24, 2.45) is 0 Å². The predicted octanol–water partition coefficient (Wildman–Crippen LogP) is 4.77. The first kappa shape index (κ1) is 19.7. The molecule has 5 heteroatoms. The summed E-state index contributed by atoms with van der Waals surface area (Å²) in [6, 6.07) is 12.5. The number of hydrogen-bond acceptors (Lipinski definition) is 5. The van der Waals surface area contributed by atoms with Crippen molar-refractivity contribution in [3.05, 3.63) is 69.6 Å². The van der Waals surface area contributed by atoms with Crippen LogP contribution in [0.1, 0.15) is 43.4 Å². The molecule has 0 aliphatic heterocycles. The molecule has 0 radical (unpaired) electrons. The molecule has 0 saturated carbocycles. The first-order chi connectivity index (χ1) is 13.4. The standard InChI is InChI=1S/C23H24O5/c1-5-16-11-22(24)28-21-12-17(7-9-19(16)21)27-23(25)13-26-20-10-15(4)6-8-18(20)14(2)3/h6-12,14H,5,13H2,1-4H3. The van der Waals surface area contributed by atoms with Gasteiger partial charge in [-0.25, -0.2) is 9.59 Å². The zero-order valence-corrected chi connectivity index (χ0v) is 16.6. The highest BCUT2D eigenvalue weighted by molar-refractivity contribution is 5.83. The van der Waals surface area contributed by atoms with E-state index in [4.69, 9.17) is 13.9 Å². The highest BCUT2D eigenvalue weighted by Gasteiger charge is 2.13. The fourth-order valence-electron chi connectivity index (χ4n) is 3.11. The van der Waals surface area contributed by atoms with E-state index in [0.717, 1.165) is 22.1 Å². The minimum absolute atomic E-state index is 0.208. The Bertz CT molecular complexity index is 1060. The van der Waals surface area contributed by atoms with Crippen LogP contribution in [0.25, 0.3) is 11.0 Å². The summed E-state index contributed by atoms with van der Waals surface area (Å²) in [5.74, 6) is 0.752. The summed E-state index contributed by atoms with van der Waals surface area (Å²) in [7, 11) is 0. The molecular weight excluding hydrogens is 356 g/mol. The lowest BCUT2D eigenvalue weighted by Crippen LogP contribution is -2.18. The normalized spacial score (nSPS) is 11.0. The Kier molecular flexibility index (Phi) is 5.83. The molecule has 0 amide bonds. The lowest BCUT2D eigenvalue weighted by atomic mass is 10.0. The zero-order valence-electron chi connectivity index (χ0n) is 16.6. The Morgan fingerprint density at radius 1 is 1.11 bits per heavy atom. The summed E-state index contributed by atoms with van der Waals surface area (Å²) in [4.78, 5) is 23.9. The van der Waals surface area contributed by atoms with Gasteiger partial charge in [0.15, 0.2) is 6.61 Å². The molecule has 0 N–H and O–H groups in total. The monoisotopic (exact) mass is 380 g/mol. The van der Waals surface area contributed by atoms with Gasteiger partial charge in [0, 0.05) is 17.5 Å². The summed E-state index contributed by atoms with van der Waals surface area (Å²) in [6.07, 6.45) is 0.712.